The molecule has 1 aromatic carbocycles. The number of nitrogens with one attached hydrogen (secondary N) is 1. The predicted molar refractivity (Wildman–Crippen MR) is 86.4 cm³/mol. The van der Waals surface area contributed by atoms with E-state index in [1.165, 1.54) is 0 Å². The van der Waals surface area contributed by atoms with Crippen LogP contribution in [0.5, 0.6) is 0 Å². The second-order valence-electron chi connectivity index (χ2n) is 5.14. The van der Waals surface area contributed by atoms with Crippen LogP contribution in [0.4, 0.5) is 0 Å². The van der Waals surface area contributed by atoms with Gasteiger partial charge in [-0.25, -0.2) is 0 Å². The molecule has 0 radical (unpaired) electrons. The Hall–Kier alpha value is -1.36. The second-order valence-corrected chi connectivity index (χ2v) is 6.05. The maximum absolute atomic E-state index is 11.9. The molecular weight excluding hydrogens is 334 g/mol. The van der Waals surface area contributed by atoms with E-state index in [9.17, 15) is 9.59 Å². The Bertz CT molecular complexity index is 459. The summed E-state index contributed by atoms with van der Waals surface area (Å²) < 4.78 is 0.940. The molecule has 1 unspecified atom stereocenters. The topological polar surface area (TPSA) is 66.4 Å². The fraction of sp³-hybridized carbons (Fsp3) is 0.500. The zero-order valence-electron chi connectivity index (χ0n) is 12.3. The summed E-state index contributed by atoms with van der Waals surface area (Å²) in [5, 5.41) is 11.6. The van der Waals surface area contributed by atoms with Gasteiger partial charge in [0.2, 0.25) is 0 Å². The number of benzene rings is 1. The summed E-state index contributed by atoms with van der Waals surface area (Å²) >= 11 is 3.33. The van der Waals surface area contributed by atoms with Crippen LogP contribution in [0.2, 0.25) is 0 Å². The minimum Gasteiger partial charge on any atom is -0.481 e. The van der Waals surface area contributed by atoms with Gasteiger partial charge in [0.25, 0.3) is 5.91 Å². The Morgan fingerprint density at radius 2 is 1.86 bits per heavy atom. The van der Waals surface area contributed by atoms with Gasteiger partial charge < -0.3 is 10.4 Å². The van der Waals surface area contributed by atoms with Gasteiger partial charge in [0.05, 0.1) is 0 Å². The largest absolute Gasteiger partial charge is 0.481 e. The lowest BCUT2D eigenvalue weighted by molar-refractivity contribution is -0.137. The Morgan fingerprint density at radius 3 is 2.43 bits per heavy atom. The van der Waals surface area contributed by atoms with Crippen LogP contribution in [0.15, 0.2) is 28.7 Å². The third-order valence-corrected chi connectivity index (χ3v) is 3.94. The van der Waals surface area contributed by atoms with Crippen molar-refractivity contribution in [2.24, 2.45) is 5.92 Å². The quantitative estimate of drug-likeness (QED) is 0.706. The molecule has 1 atom stereocenters. The van der Waals surface area contributed by atoms with Crippen LogP contribution >= 0.6 is 15.9 Å². The molecule has 116 valence electrons. The van der Waals surface area contributed by atoms with Crippen molar-refractivity contribution in [2.45, 2.75) is 39.0 Å². The number of carbonyl (C=O) groups excluding carboxylic acids is 1. The van der Waals surface area contributed by atoms with Crippen LogP contribution in [-0.2, 0) is 4.79 Å². The first-order valence-electron chi connectivity index (χ1n) is 7.28. The van der Waals surface area contributed by atoms with Gasteiger partial charge in [0.1, 0.15) is 0 Å². The minimum absolute atomic E-state index is 0.0871. The third-order valence-electron chi connectivity index (χ3n) is 3.41. The lowest BCUT2D eigenvalue weighted by Gasteiger charge is -2.15. The first-order chi connectivity index (χ1) is 10.0. The summed E-state index contributed by atoms with van der Waals surface area (Å²) in [6, 6.07) is 7.21. The van der Waals surface area contributed by atoms with E-state index in [1.807, 2.05) is 12.1 Å². The van der Waals surface area contributed by atoms with E-state index in [0.29, 0.717) is 24.4 Å². The van der Waals surface area contributed by atoms with Crippen LogP contribution in [0.3, 0.4) is 0 Å². The molecular formula is C16H22BrNO3. The standard InChI is InChI=1S/C16H22BrNO3/c1-2-3-12(4-9-15(19)20)10-11-18-16(21)13-5-7-14(17)8-6-13/h5-8,12H,2-4,9-11H2,1H3,(H,18,21)(H,19,20). The molecule has 1 aromatic rings. The Labute approximate surface area is 134 Å². The fourth-order valence-corrected chi connectivity index (χ4v) is 2.53. The molecule has 0 heterocycles. The molecule has 0 aliphatic rings. The average Bonchev–Trinajstić information content (AvgIpc) is 2.45. The van der Waals surface area contributed by atoms with Gasteiger partial charge in [-0.05, 0) is 43.0 Å². The van der Waals surface area contributed by atoms with Crippen LogP contribution in [0.1, 0.15) is 49.4 Å². The SMILES string of the molecule is CCCC(CCNC(=O)c1ccc(Br)cc1)CCC(=O)O. The molecule has 4 nitrogen and oxygen atoms in total. The Balaban J connectivity index is 2.36. The molecule has 0 spiro atoms. The first kappa shape index (κ1) is 17.7. The van der Waals surface area contributed by atoms with Crippen molar-refractivity contribution >= 4 is 27.8 Å². The third kappa shape index (κ3) is 7.27. The molecule has 1 rings (SSSR count). The second kappa shape index (κ2) is 9.55. The molecule has 0 aromatic heterocycles. The highest BCUT2D eigenvalue weighted by Gasteiger charge is 2.11. The summed E-state index contributed by atoms with van der Waals surface area (Å²) in [7, 11) is 0. The number of amides is 1. The zero-order valence-corrected chi connectivity index (χ0v) is 13.9. The van der Waals surface area contributed by atoms with Crippen molar-refractivity contribution < 1.29 is 14.7 Å². The molecule has 0 aliphatic heterocycles. The molecule has 2 N–H and O–H groups in total. The molecule has 0 fully saturated rings. The van der Waals surface area contributed by atoms with Crippen molar-refractivity contribution in [2.75, 3.05) is 6.54 Å². The molecule has 0 saturated carbocycles. The molecule has 0 bridgehead atoms. The molecule has 0 saturated heterocycles. The van der Waals surface area contributed by atoms with Crippen molar-refractivity contribution in [3.63, 3.8) is 0 Å². The minimum atomic E-state index is -0.755. The van der Waals surface area contributed by atoms with Gasteiger partial charge in [-0.3, -0.25) is 9.59 Å². The van der Waals surface area contributed by atoms with Gasteiger partial charge in [-0.2, -0.15) is 0 Å². The van der Waals surface area contributed by atoms with Gasteiger partial charge in [0.15, 0.2) is 0 Å². The van der Waals surface area contributed by atoms with Gasteiger partial charge in [-0.15, -0.1) is 0 Å². The smallest absolute Gasteiger partial charge is 0.303 e. The maximum atomic E-state index is 11.9. The fourth-order valence-electron chi connectivity index (χ4n) is 2.26. The van der Waals surface area contributed by atoms with E-state index in [-0.39, 0.29) is 12.3 Å². The van der Waals surface area contributed by atoms with Crippen LogP contribution < -0.4 is 5.32 Å². The number of carboxylic acid groups (broad SMARTS) is 1. The van der Waals surface area contributed by atoms with E-state index in [0.717, 1.165) is 23.7 Å². The van der Waals surface area contributed by atoms with E-state index >= 15 is 0 Å². The molecule has 5 heteroatoms. The number of hydrogen-bond donors (Lipinski definition) is 2. The highest BCUT2D eigenvalue weighted by molar-refractivity contribution is 9.10. The summed E-state index contributed by atoms with van der Waals surface area (Å²) in [5.74, 6) is -0.484. The summed E-state index contributed by atoms with van der Waals surface area (Å²) in [6.45, 7) is 2.67. The highest BCUT2D eigenvalue weighted by atomic mass is 79.9. The summed E-state index contributed by atoms with van der Waals surface area (Å²) in [5.41, 5.74) is 0.635. The Morgan fingerprint density at radius 1 is 1.19 bits per heavy atom. The van der Waals surface area contributed by atoms with Crippen LogP contribution in [0.25, 0.3) is 0 Å². The average molecular weight is 356 g/mol. The number of rotatable bonds is 9. The lowest BCUT2D eigenvalue weighted by Crippen LogP contribution is -2.26. The number of halogens is 1. The van der Waals surface area contributed by atoms with Crippen molar-refractivity contribution in [3.05, 3.63) is 34.3 Å². The summed E-state index contributed by atoms with van der Waals surface area (Å²) in [6.07, 6.45) is 3.73. The van der Waals surface area contributed by atoms with E-state index in [2.05, 4.69) is 28.2 Å². The zero-order chi connectivity index (χ0) is 15.7. The normalized spacial score (nSPS) is 11.9. The maximum Gasteiger partial charge on any atom is 0.303 e. The Kier molecular flexibility index (Phi) is 8.05. The molecule has 21 heavy (non-hydrogen) atoms. The predicted octanol–water partition coefficient (Wildman–Crippen LogP) is 3.85. The van der Waals surface area contributed by atoms with Crippen LogP contribution in [0, 0.1) is 5.92 Å². The molecule has 0 aliphatic carbocycles. The highest BCUT2D eigenvalue weighted by Crippen LogP contribution is 2.17. The first-order valence-corrected chi connectivity index (χ1v) is 8.07. The van der Waals surface area contributed by atoms with E-state index < -0.39 is 5.97 Å². The van der Waals surface area contributed by atoms with Crippen molar-refractivity contribution in [3.8, 4) is 0 Å². The van der Waals surface area contributed by atoms with E-state index in [1.54, 1.807) is 12.1 Å². The number of carboxylic acids is 1. The number of aliphatic carboxylic acids is 1. The number of hydrogen-bond acceptors (Lipinski definition) is 2. The number of carbonyl (C=O) groups is 2. The van der Waals surface area contributed by atoms with Gasteiger partial charge in [0, 0.05) is 23.0 Å². The van der Waals surface area contributed by atoms with Crippen molar-refractivity contribution in [1.82, 2.24) is 5.32 Å². The molecule has 1 amide bonds. The van der Waals surface area contributed by atoms with E-state index in [4.69, 9.17) is 5.11 Å². The van der Waals surface area contributed by atoms with Gasteiger partial charge >= 0.3 is 5.97 Å². The van der Waals surface area contributed by atoms with Crippen molar-refractivity contribution in [1.29, 1.82) is 0 Å². The van der Waals surface area contributed by atoms with Gasteiger partial charge in [-0.1, -0.05) is 35.7 Å². The van der Waals surface area contributed by atoms with Crippen LogP contribution in [-0.4, -0.2) is 23.5 Å². The monoisotopic (exact) mass is 355 g/mol. The lowest BCUT2D eigenvalue weighted by atomic mass is 9.94. The summed E-state index contributed by atoms with van der Waals surface area (Å²) in [4.78, 5) is 22.6.